The van der Waals surface area contributed by atoms with Crippen LogP contribution < -0.4 is 0 Å². The Morgan fingerprint density at radius 2 is 0.600 bits per heavy atom. The molecule has 5 nitrogen and oxygen atoms in total. The lowest BCUT2D eigenvalue weighted by atomic mass is 9.96. The molecule has 0 saturated carbocycles. The molecule has 0 fully saturated rings. The van der Waals surface area contributed by atoms with Gasteiger partial charge in [-0.05, 0) is 64.7 Å². The Labute approximate surface area is 288 Å². The molecule has 234 valence electrons. The number of benzene rings is 7. The first-order valence-electron chi connectivity index (χ1n) is 16.8. The Bertz CT molecular complexity index is 2570. The van der Waals surface area contributed by atoms with E-state index in [0.717, 1.165) is 71.4 Å². The Kier molecular flexibility index (Phi) is 6.42. The van der Waals surface area contributed by atoms with Crippen LogP contribution in [0.15, 0.2) is 176 Å². The summed E-state index contributed by atoms with van der Waals surface area (Å²) in [5, 5.41) is 4.61. The first-order valence-corrected chi connectivity index (χ1v) is 16.8. The van der Waals surface area contributed by atoms with Crippen LogP contribution >= 0.6 is 0 Å². The molecular formula is C45H29N5. The molecule has 10 rings (SSSR count). The molecule has 0 amide bonds. The number of hydrogen-bond donors (Lipinski definition) is 0. The molecule has 0 aliphatic heterocycles. The molecule has 3 aromatic heterocycles. The van der Waals surface area contributed by atoms with Crippen molar-refractivity contribution < 1.29 is 0 Å². The van der Waals surface area contributed by atoms with Gasteiger partial charge in [-0.1, -0.05) is 133 Å². The molecule has 0 aliphatic rings. The standard InChI is InChI=1S/C45H29N5/c1-3-15-30(16-4-1)32-27-33(31-17-5-2-6-18-31)29-34(28-32)43-46-44(49-39-23-11-7-19-35(39)36-20-8-12-24-40(36)49)48-45(47-43)50-41-25-13-9-21-37(41)38-22-10-14-26-42(38)50/h1-29H. The van der Waals surface area contributed by atoms with Crippen LogP contribution in [0.2, 0.25) is 0 Å². The summed E-state index contributed by atoms with van der Waals surface area (Å²) in [6.45, 7) is 0. The van der Waals surface area contributed by atoms with Gasteiger partial charge in [0.05, 0.1) is 22.1 Å². The van der Waals surface area contributed by atoms with E-state index in [1.165, 1.54) is 0 Å². The highest BCUT2D eigenvalue weighted by Crippen LogP contribution is 2.36. The second-order valence-electron chi connectivity index (χ2n) is 12.5. The minimum atomic E-state index is 0.565. The average molecular weight is 640 g/mol. The summed E-state index contributed by atoms with van der Waals surface area (Å²) in [7, 11) is 0. The van der Waals surface area contributed by atoms with Crippen molar-refractivity contribution in [2.75, 3.05) is 0 Å². The molecule has 5 heteroatoms. The lowest BCUT2D eigenvalue weighted by molar-refractivity contribution is 0.893. The van der Waals surface area contributed by atoms with Crippen LogP contribution in [0.5, 0.6) is 0 Å². The SMILES string of the molecule is c1ccc(-c2cc(-c3ccccc3)cc(-c3nc(-n4c5ccccc5c5ccccc54)nc(-n4c5ccccc5c5ccccc54)n3)c2)cc1. The zero-order valence-corrected chi connectivity index (χ0v) is 27.0. The molecule has 0 spiro atoms. The second-order valence-corrected chi connectivity index (χ2v) is 12.5. The van der Waals surface area contributed by atoms with Crippen molar-refractivity contribution in [2.24, 2.45) is 0 Å². The summed E-state index contributed by atoms with van der Waals surface area (Å²) in [5.74, 6) is 1.73. The van der Waals surface area contributed by atoms with Crippen molar-refractivity contribution in [1.29, 1.82) is 0 Å². The van der Waals surface area contributed by atoms with Gasteiger partial charge in [0, 0.05) is 27.1 Å². The largest absolute Gasteiger partial charge is 0.278 e. The maximum Gasteiger partial charge on any atom is 0.240 e. The van der Waals surface area contributed by atoms with Crippen molar-refractivity contribution in [1.82, 2.24) is 24.1 Å². The molecular weight excluding hydrogens is 611 g/mol. The minimum Gasteiger partial charge on any atom is -0.278 e. The van der Waals surface area contributed by atoms with E-state index in [0.29, 0.717) is 17.7 Å². The van der Waals surface area contributed by atoms with Crippen LogP contribution in [-0.2, 0) is 0 Å². The number of aromatic nitrogens is 5. The van der Waals surface area contributed by atoms with Gasteiger partial charge in [0.25, 0.3) is 0 Å². The Morgan fingerprint density at radius 1 is 0.280 bits per heavy atom. The fourth-order valence-corrected chi connectivity index (χ4v) is 7.31. The van der Waals surface area contributed by atoms with E-state index in [2.05, 4.69) is 173 Å². The van der Waals surface area contributed by atoms with Gasteiger partial charge >= 0.3 is 0 Å². The Morgan fingerprint density at radius 3 is 0.980 bits per heavy atom. The molecule has 0 saturated heterocycles. The monoisotopic (exact) mass is 639 g/mol. The van der Waals surface area contributed by atoms with Crippen LogP contribution in [0.25, 0.3) is 89.2 Å². The van der Waals surface area contributed by atoms with E-state index in [1.54, 1.807) is 0 Å². The van der Waals surface area contributed by atoms with Crippen molar-refractivity contribution in [3.63, 3.8) is 0 Å². The predicted octanol–water partition coefficient (Wildman–Crippen LogP) is 11.1. The molecule has 7 aromatic carbocycles. The van der Waals surface area contributed by atoms with E-state index < -0.39 is 0 Å². The third kappa shape index (κ3) is 4.52. The highest BCUT2D eigenvalue weighted by Gasteiger charge is 2.21. The first-order chi connectivity index (χ1) is 24.8. The molecule has 0 unspecified atom stereocenters. The Hall–Kier alpha value is -6.85. The maximum absolute atomic E-state index is 5.31. The van der Waals surface area contributed by atoms with Crippen LogP contribution in [0, 0.1) is 0 Å². The number of hydrogen-bond acceptors (Lipinski definition) is 3. The van der Waals surface area contributed by atoms with Crippen molar-refractivity contribution in [3.8, 4) is 45.5 Å². The fraction of sp³-hybridized carbons (Fsp3) is 0. The molecule has 0 bridgehead atoms. The minimum absolute atomic E-state index is 0.565. The zero-order chi connectivity index (χ0) is 33.0. The molecule has 50 heavy (non-hydrogen) atoms. The van der Waals surface area contributed by atoms with Gasteiger partial charge in [-0.3, -0.25) is 9.13 Å². The smallest absolute Gasteiger partial charge is 0.240 e. The van der Waals surface area contributed by atoms with E-state index >= 15 is 0 Å². The summed E-state index contributed by atoms with van der Waals surface area (Å²) >= 11 is 0. The summed E-state index contributed by atoms with van der Waals surface area (Å²) in [4.78, 5) is 15.9. The molecule has 3 heterocycles. The van der Waals surface area contributed by atoms with Gasteiger partial charge in [0.2, 0.25) is 11.9 Å². The molecule has 0 N–H and O–H groups in total. The molecule has 0 aliphatic carbocycles. The maximum atomic E-state index is 5.31. The van der Waals surface area contributed by atoms with Crippen LogP contribution in [0.1, 0.15) is 0 Å². The van der Waals surface area contributed by atoms with Gasteiger partial charge in [-0.2, -0.15) is 15.0 Å². The summed E-state index contributed by atoms with van der Waals surface area (Å²) in [6, 6.07) is 61.5. The summed E-state index contributed by atoms with van der Waals surface area (Å²) in [5.41, 5.74) is 9.54. The lowest BCUT2D eigenvalue weighted by Gasteiger charge is -2.14. The lowest BCUT2D eigenvalue weighted by Crippen LogP contribution is -2.10. The molecule has 10 aromatic rings. The number of para-hydroxylation sites is 4. The van der Waals surface area contributed by atoms with E-state index in [1.807, 2.05) is 12.1 Å². The fourth-order valence-electron chi connectivity index (χ4n) is 7.31. The van der Waals surface area contributed by atoms with Crippen LogP contribution in [0.3, 0.4) is 0 Å². The first kappa shape index (κ1) is 28.2. The third-order valence-electron chi connectivity index (χ3n) is 9.58. The molecule has 0 atom stereocenters. The van der Waals surface area contributed by atoms with Crippen molar-refractivity contribution in [2.45, 2.75) is 0 Å². The van der Waals surface area contributed by atoms with Gasteiger partial charge in [-0.25, -0.2) is 0 Å². The van der Waals surface area contributed by atoms with Gasteiger partial charge in [0.1, 0.15) is 0 Å². The van der Waals surface area contributed by atoms with Crippen LogP contribution in [0.4, 0.5) is 0 Å². The van der Waals surface area contributed by atoms with Gasteiger partial charge in [-0.15, -0.1) is 0 Å². The van der Waals surface area contributed by atoms with E-state index in [4.69, 9.17) is 15.0 Å². The van der Waals surface area contributed by atoms with E-state index in [-0.39, 0.29) is 0 Å². The van der Waals surface area contributed by atoms with Crippen molar-refractivity contribution >= 4 is 43.6 Å². The highest BCUT2D eigenvalue weighted by molar-refractivity contribution is 6.10. The van der Waals surface area contributed by atoms with E-state index in [9.17, 15) is 0 Å². The quantitative estimate of drug-likeness (QED) is 0.188. The van der Waals surface area contributed by atoms with Gasteiger partial charge in [0.15, 0.2) is 5.82 Å². The second kappa shape index (κ2) is 11.4. The number of fused-ring (bicyclic) bond motifs is 6. The van der Waals surface area contributed by atoms with Crippen LogP contribution in [-0.4, -0.2) is 24.1 Å². The summed E-state index contributed by atoms with van der Waals surface area (Å²) < 4.78 is 4.35. The zero-order valence-electron chi connectivity index (χ0n) is 27.0. The normalized spacial score (nSPS) is 11.6. The predicted molar refractivity (Wildman–Crippen MR) is 205 cm³/mol. The Balaban J connectivity index is 1.31. The molecule has 0 radical (unpaired) electrons. The average Bonchev–Trinajstić information content (AvgIpc) is 3.71. The summed E-state index contributed by atoms with van der Waals surface area (Å²) in [6.07, 6.45) is 0. The third-order valence-corrected chi connectivity index (χ3v) is 9.58. The number of rotatable bonds is 5. The van der Waals surface area contributed by atoms with Gasteiger partial charge < -0.3 is 0 Å². The number of nitrogens with zero attached hydrogens (tertiary/aromatic N) is 5. The highest BCUT2D eigenvalue weighted by atomic mass is 15.3. The van der Waals surface area contributed by atoms with Crippen molar-refractivity contribution in [3.05, 3.63) is 176 Å². The topological polar surface area (TPSA) is 48.5 Å².